The van der Waals surface area contributed by atoms with Crippen molar-refractivity contribution in [2.24, 2.45) is 0 Å². The maximum absolute atomic E-state index is 4.74. The van der Waals surface area contributed by atoms with Crippen LogP contribution in [0.3, 0.4) is 0 Å². The van der Waals surface area contributed by atoms with Gasteiger partial charge in [0.1, 0.15) is 5.82 Å². The number of hydrogen-bond donors (Lipinski definition) is 1. The molecular formula is C14H25N5. The molecule has 1 aromatic heterocycles. The summed E-state index contributed by atoms with van der Waals surface area (Å²) in [4.78, 5) is 14.1. The van der Waals surface area contributed by atoms with Crippen LogP contribution in [0.1, 0.15) is 25.1 Å². The van der Waals surface area contributed by atoms with Crippen LogP contribution in [-0.2, 0) is 6.42 Å². The third-order valence-electron chi connectivity index (χ3n) is 3.70. The molecule has 1 aliphatic heterocycles. The Morgan fingerprint density at radius 3 is 2.37 bits per heavy atom. The molecule has 0 bridgehead atoms. The molecule has 2 rings (SSSR count). The minimum absolute atomic E-state index is 0.881. The van der Waals surface area contributed by atoms with Gasteiger partial charge in [-0.3, -0.25) is 0 Å². The van der Waals surface area contributed by atoms with E-state index in [1.54, 1.807) is 0 Å². The number of nitrogens with zero attached hydrogens (tertiary/aromatic N) is 4. The molecule has 0 unspecified atom stereocenters. The van der Waals surface area contributed by atoms with E-state index in [0.29, 0.717) is 0 Å². The molecule has 0 spiro atoms. The second-order valence-corrected chi connectivity index (χ2v) is 5.12. The summed E-state index contributed by atoms with van der Waals surface area (Å²) in [6.07, 6.45) is 0.952. The maximum Gasteiger partial charge on any atom is 0.227 e. The van der Waals surface area contributed by atoms with Crippen molar-refractivity contribution in [3.05, 3.63) is 11.3 Å². The Bertz CT molecular complexity index is 424. The largest absolute Gasteiger partial charge is 0.370 e. The highest BCUT2D eigenvalue weighted by Crippen LogP contribution is 2.21. The summed E-state index contributed by atoms with van der Waals surface area (Å²) >= 11 is 0. The first-order chi connectivity index (χ1) is 9.15. The highest BCUT2D eigenvalue weighted by atomic mass is 15.3. The zero-order chi connectivity index (χ0) is 13.8. The Morgan fingerprint density at radius 1 is 1.11 bits per heavy atom. The Labute approximate surface area is 116 Å². The average Bonchev–Trinajstić information content (AvgIpc) is 2.42. The fourth-order valence-corrected chi connectivity index (χ4v) is 2.38. The Kier molecular flexibility index (Phi) is 4.58. The van der Waals surface area contributed by atoms with Gasteiger partial charge in [-0.15, -0.1) is 0 Å². The lowest BCUT2D eigenvalue weighted by Crippen LogP contribution is -2.45. The van der Waals surface area contributed by atoms with Crippen LogP contribution in [0, 0.1) is 6.92 Å². The zero-order valence-electron chi connectivity index (χ0n) is 12.5. The fourth-order valence-electron chi connectivity index (χ4n) is 2.38. The summed E-state index contributed by atoms with van der Waals surface area (Å²) in [5, 5.41) is 3.35. The molecule has 1 N–H and O–H groups in total. The lowest BCUT2D eigenvalue weighted by Gasteiger charge is -2.33. The highest BCUT2D eigenvalue weighted by Gasteiger charge is 2.18. The fraction of sp³-hybridized carbons (Fsp3) is 0.714. The standard InChI is InChI=1S/C14H25N5/c1-5-12-11(3)13(15-6-2)17-14(16-12)19-9-7-18(4)8-10-19/h5-10H2,1-4H3,(H,15,16,17). The number of hydrogen-bond acceptors (Lipinski definition) is 5. The number of anilines is 2. The van der Waals surface area contributed by atoms with Gasteiger partial charge >= 0.3 is 0 Å². The molecule has 1 aromatic rings. The van der Waals surface area contributed by atoms with E-state index in [-0.39, 0.29) is 0 Å². The highest BCUT2D eigenvalue weighted by molar-refractivity contribution is 5.51. The molecule has 0 atom stereocenters. The summed E-state index contributed by atoms with van der Waals surface area (Å²) in [5.41, 5.74) is 2.34. The number of aromatic nitrogens is 2. The number of aryl methyl sites for hydroxylation is 1. The molecule has 1 saturated heterocycles. The van der Waals surface area contributed by atoms with Gasteiger partial charge < -0.3 is 15.1 Å². The van der Waals surface area contributed by atoms with Gasteiger partial charge in [0.15, 0.2) is 0 Å². The van der Waals surface area contributed by atoms with E-state index >= 15 is 0 Å². The molecule has 2 heterocycles. The van der Waals surface area contributed by atoms with Gasteiger partial charge in [-0.1, -0.05) is 6.92 Å². The first kappa shape index (κ1) is 14.1. The van der Waals surface area contributed by atoms with Crippen LogP contribution in [0.2, 0.25) is 0 Å². The zero-order valence-corrected chi connectivity index (χ0v) is 12.5. The summed E-state index contributed by atoms with van der Waals surface area (Å²) in [6, 6.07) is 0. The summed E-state index contributed by atoms with van der Waals surface area (Å²) in [7, 11) is 2.16. The summed E-state index contributed by atoms with van der Waals surface area (Å²) in [6.45, 7) is 11.4. The van der Waals surface area contributed by atoms with E-state index in [1.165, 1.54) is 5.56 Å². The molecule has 0 aromatic carbocycles. The first-order valence-corrected chi connectivity index (χ1v) is 7.20. The van der Waals surface area contributed by atoms with E-state index in [9.17, 15) is 0 Å². The number of nitrogens with one attached hydrogen (secondary N) is 1. The molecule has 106 valence electrons. The van der Waals surface area contributed by atoms with Crippen molar-refractivity contribution in [2.75, 3.05) is 50.0 Å². The van der Waals surface area contributed by atoms with Gasteiger partial charge in [-0.05, 0) is 27.3 Å². The molecule has 19 heavy (non-hydrogen) atoms. The van der Waals surface area contributed by atoms with Crippen molar-refractivity contribution < 1.29 is 0 Å². The van der Waals surface area contributed by atoms with Crippen molar-refractivity contribution in [2.45, 2.75) is 27.2 Å². The van der Waals surface area contributed by atoms with Crippen LogP contribution in [0.4, 0.5) is 11.8 Å². The Hall–Kier alpha value is -1.36. The minimum Gasteiger partial charge on any atom is -0.370 e. The molecule has 5 heteroatoms. The molecule has 0 aliphatic carbocycles. The topological polar surface area (TPSA) is 44.3 Å². The third-order valence-corrected chi connectivity index (χ3v) is 3.70. The van der Waals surface area contributed by atoms with Crippen LogP contribution in [0.5, 0.6) is 0 Å². The lowest BCUT2D eigenvalue weighted by molar-refractivity contribution is 0.311. The van der Waals surface area contributed by atoms with Gasteiger partial charge in [0.05, 0.1) is 5.69 Å². The first-order valence-electron chi connectivity index (χ1n) is 7.20. The molecule has 0 saturated carbocycles. The number of rotatable bonds is 4. The van der Waals surface area contributed by atoms with Crippen LogP contribution in [0.25, 0.3) is 0 Å². The van der Waals surface area contributed by atoms with Crippen molar-refractivity contribution in [1.82, 2.24) is 14.9 Å². The molecule has 5 nitrogen and oxygen atoms in total. The van der Waals surface area contributed by atoms with E-state index < -0.39 is 0 Å². The van der Waals surface area contributed by atoms with E-state index in [0.717, 1.165) is 56.6 Å². The quantitative estimate of drug-likeness (QED) is 0.892. The second-order valence-electron chi connectivity index (χ2n) is 5.12. The summed E-state index contributed by atoms with van der Waals surface area (Å²) in [5.74, 6) is 1.87. The molecule has 1 fully saturated rings. The number of piperazine rings is 1. The third kappa shape index (κ3) is 3.15. The van der Waals surface area contributed by atoms with Gasteiger partial charge in [0.25, 0.3) is 0 Å². The van der Waals surface area contributed by atoms with Crippen LogP contribution in [-0.4, -0.2) is 54.6 Å². The second kappa shape index (κ2) is 6.19. The maximum atomic E-state index is 4.74. The van der Waals surface area contributed by atoms with Crippen molar-refractivity contribution in [1.29, 1.82) is 0 Å². The van der Waals surface area contributed by atoms with Crippen LogP contribution in [0.15, 0.2) is 0 Å². The number of likely N-dealkylation sites (N-methyl/N-ethyl adjacent to an activating group) is 1. The molecular weight excluding hydrogens is 238 g/mol. The van der Waals surface area contributed by atoms with Crippen LogP contribution < -0.4 is 10.2 Å². The minimum atomic E-state index is 0.881. The lowest BCUT2D eigenvalue weighted by atomic mass is 10.2. The van der Waals surface area contributed by atoms with Crippen molar-refractivity contribution in [3.8, 4) is 0 Å². The van der Waals surface area contributed by atoms with Crippen molar-refractivity contribution in [3.63, 3.8) is 0 Å². The molecule has 0 radical (unpaired) electrons. The molecule has 0 amide bonds. The summed E-state index contributed by atoms with van der Waals surface area (Å²) < 4.78 is 0. The van der Waals surface area contributed by atoms with E-state index in [1.807, 2.05) is 0 Å². The van der Waals surface area contributed by atoms with Gasteiger partial charge in [0.2, 0.25) is 5.95 Å². The van der Waals surface area contributed by atoms with E-state index in [2.05, 4.69) is 42.9 Å². The predicted octanol–water partition coefficient (Wildman–Crippen LogP) is 1.53. The monoisotopic (exact) mass is 263 g/mol. The normalized spacial score (nSPS) is 16.7. The van der Waals surface area contributed by atoms with Crippen molar-refractivity contribution >= 4 is 11.8 Å². The van der Waals surface area contributed by atoms with Gasteiger partial charge in [-0.2, -0.15) is 4.98 Å². The van der Waals surface area contributed by atoms with Gasteiger partial charge in [0, 0.05) is 38.3 Å². The Balaban J connectivity index is 2.27. The SMILES string of the molecule is CCNc1nc(N2CCN(C)CC2)nc(CC)c1C. The smallest absolute Gasteiger partial charge is 0.227 e. The average molecular weight is 263 g/mol. The van der Waals surface area contributed by atoms with Crippen LogP contribution >= 0.6 is 0 Å². The molecule has 1 aliphatic rings. The van der Waals surface area contributed by atoms with E-state index in [4.69, 9.17) is 9.97 Å². The van der Waals surface area contributed by atoms with Gasteiger partial charge in [-0.25, -0.2) is 4.98 Å². The predicted molar refractivity (Wildman–Crippen MR) is 80.0 cm³/mol. The Morgan fingerprint density at radius 2 is 1.79 bits per heavy atom.